The maximum Gasteiger partial charge on any atom is 0.130 e. The van der Waals surface area contributed by atoms with Gasteiger partial charge in [0.05, 0.1) is 5.69 Å². The molecule has 1 aromatic heterocycles. The van der Waals surface area contributed by atoms with Crippen molar-refractivity contribution >= 4 is 0 Å². The summed E-state index contributed by atoms with van der Waals surface area (Å²) in [5, 5.41) is 0. The molecule has 0 saturated heterocycles. The molecule has 0 unspecified atom stereocenters. The first-order valence-electron chi connectivity index (χ1n) is 9.99. The van der Waals surface area contributed by atoms with E-state index in [1.807, 2.05) is 106 Å². The zero-order valence-electron chi connectivity index (χ0n) is 17.7. The highest BCUT2D eigenvalue weighted by molar-refractivity contribution is 5.62. The van der Waals surface area contributed by atoms with E-state index in [4.69, 9.17) is 4.74 Å². The van der Waals surface area contributed by atoms with Gasteiger partial charge in [-0.15, -0.1) is 0 Å². The van der Waals surface area contributed by atoms with Crippen molar-refractivity contribution in [2.24, 2.45) is 0 Å². The Kier molecular flexibility index (Phi) is 9.17. The van der Waals surface area contributed by atoms with Crippen LogP contribution in [0.15, 0.2) is 103 Å². The molecule has 4 rings (SSSR count). The first kappa shape index (κ1) is 21.9. The van der Waals surface area contributed by atoms with Gasteiger partial charge in [-0.25, -0.2) is 0 Å². The maximum absolute atomic E-state index is 5.71. The van der Waals surface area contributed by atoms with Crippen molar-refractivity contribution in [3.63, 3.8) is 0 Å². The molecule has 0 amide bonds. The molecule has 0 radical (unpaired) electrons. The van der Waals surface area contributed by atoms with Crippen LogP contribution in [0, 0.1) is 13.8 Å². The minimum absolute atomic E-state index is 0.877. The van der Waals surface area contributed by atoms with Crippen LogP contribution in [0.1, 0.15) is 25.0 Å². The summed E-state index contributed by atoms with van der Waals surface area (Å²) in [6.07, 6.45) is 1.83. The predicted octanol–water partition coefficient (Wildman–Crippen LogP) is 7.87. The van der Waals surface area contributed by atoms with E-state index in [0.29, 0.717) is 0 Å². The van der Waals surface area contributed by atoms with Crippen LogP contribution in [-0.4, -0.2) is 4.98 Å². The number of hydrogen-bond acceptors (Lipinski definition) is 2. The highest BCUT2D eigenvalue weighted by atomic mass is 16.5. The lowest BCUT2D eigenvalue weighted by molar-refractivity contribution is 0.479. The van der Waals surface area contributed by atoms with Crippen LogP contribution in [0.3, 0.4) is 0 Å². The van der Waals surface area contributed by atoms with Crippen LogP contribution in [0.2, 0.25) is 0 Å². The fourth-order valence-corrected chi connectivity index (χ4v) is 2.67. The van der Waals surface area contributed by atoms with Gasteiger partial charge in [0.25, 0.3) is 0 Å². The van der Waals surface area contributed by atoms with Crippen molar-refractivity contribution in [3.8, 4) is 22.8 Å². The van der Waals surface area contributed by atoms with Gasteiger partial charge in [0.15, 0.2) is 0 Å². The van der Waals surface area contributed by atoms with Crippen molar-refractivity contribution in [1.82, 2.24) is 4.98 Å². The third-order valence-electron chi connectivity index (χ3n) is 4.12. The molecule has 0 aliphatic rings. The minimum Gasteiger partial charge on any atom is -0.457 e. The number of para-hydroxylation sites is 2. The Morgan fingerprint density at radius 2 is 1.14 bits per heavy atom. The smallest absolute Gasteiger partial charge is 0.130 e. The summed E-state index contributed by atoms with van der Waals surface area (Å²) in [5.41, 5.74) is 4.62. The van der Waals surface area contributed by atoms with E-state index in [-0.39, 0.29) is 0 Å². The average Bonchev–Trinajstić information content (AvgIpc) is 2.79. The van der Waals surface area contributed by atoms with E-state index < -0.39 is 0 Å². The molecule has 0 aliphatic carbocycles. The van der Waals surface area contributed by atoms with E-state index in [2.05, 4.69) is 30.1 Å². The van der Waals surface area contributed by atoms with Crippen molar-refractivity contribution < 1.29 is 4.74 Å². The Balaban J connectivity index is 0.000000191. The summed E-state index contributed by atoms with van der Waals surface area (Å²) >= 11 is 0. The molecule has 1 heterocycles. The monoisotopic (exact) mass is 383 g/mol. The van der Waals surface area contributed by atoms with E-state index in [9.17, 15) is 0 Å². The minimum atomic E-state index is 0.877. The number of benzene rings is 3. The molecule has 148 valence electrons. The Bertz CT molecular complexity index is 966. The standard InChI is InChI=1S/C13H12O.C12H11N.C2H6/c1-11-7-5-6-10-13(11)14-12-8-3-2-4-9-12;1-10-6-5-9-13-12(10)11-7-3-2-4-8-11;1-2/h2-10H,1H3;2-9H,1H3;1-2H3. The SMILES string of the molecule is CC.Cc1ccccc1Oc1ccccc1.Cc1cccnc1-c1ccccc1. The number of aromatic nitrogens is 1. The third kappa shape index (κ3) is 6.93. The lowest BCUT2D eigenvalue weighted by Gasteiger charge is -2.07. The van der Waals surface area contributed by atoms with Crippen molar-refractivity contribution in [2.75, 3.05) is 0 Å². The Hall–Kier alpha value is -3.39. The van der Waals surface area contributed by atoms with Crippen LogP contribution >= 0.6 is 0 Å². The third-order valence-corrected chi connectivity index (χ3v) is 4.12. The van der Waals surface area contributed by atoms with Crippen molar-refractivity contribution in [1.29, 1.82) is 0 Å². The summed E-state index contributed by atoms with van der Waals surface area (Å²) in [7, 11) is 0. The van der Waals surface area contributed by atoms with Crippen LogP contribution in [0.4, 0.5) is 0 Å². The molecule has 0 atom stereocenters. The summed E-state index contributed by atoms with van der Waals surface area (Å²) in [6, 6.07) is 32.1. The van der Waals surface area contributed by atoms with E-state index in [1.54, 1.807) is 0 Å². The fourth-order valence-electron chi connectivity index (χ4n) is 2.67. The number of hydrogen-bond donors (Lipinski definition) is 0. The van der Waals surface area contributed by atoms with Crippen molar-refractivity contribution in [2.45, 2.75) is 27.7 Å². The quantitative estimate of drug-likeness (QED) is 0.359. The first-order valence-corrected chi connectivity index (χ1v) is 9.99. The van der Waals surface area contributed by atoms with Gasteiger partial charge in [-0.2, -0.15) is 0 Å². The number of rotatable bonds is 3. The lowest BCUT2D eigenvalue weighted by atomic mass is 10.1. The molecule has 0 bridgehead atoms. The van der Waals surface area contributed by atoms with Gasteiger partial charge in [-0.05, 0) is 49.2 Å². The van der Waals surface area contributed by atoms with Gasteiger partial charge in [-0.3, -0.25) is 4.98 Å². The molecule has 3 aromatic carbocycles. The summed E-state index contributed by atoms with van der Waals surface area (Å²) in [4.78, 5) is 4.35. The largest absolute Gasteiger partial charge is 0.457 e. The zero-order valence-corrected chi connectivity index (χ0v) is 17.7. The summed E-state index contributed by atoms with van der Waals surface area (Å²) in [6.45, 7) is 8.12. The molecule has 2 nitrogen and oxygen atoms in total. The molecule has 2 heteroatoms. The Labute approximate surface area is 174 Å². The van der Waals surface area contributed by atoms with Gasteiger partial charge >= 0.3 is 0 Å². The molecule has 0 aliphatic heterocycles. The van der Waals surface area contributed by atoms with E-state index in [0.717, 1.165) is 22.8 Å². The first-order chi connectivity index (χ1) is 14.2. The molecule has 0 N–H and O–H groups in total. The lowest BCUT2D eigenvalue weighted by Crippen LogP contribution is -1.85. The molecular formula is C27H29NO. The van der Waals surface area contributed by atoms with Crippen LogP contribution in [0.25, 0.3) is 11.3 Å². The molecule has 0 saturated carbocycles. The zero-order chi connectivity index (χ0) is 20.9. The molecule has 0 fully saturated rings. The average molecular weight is 384 g/mol. The second kappa shape index (κ2) is 12.1. The van der Waals surface area contributed by atoms with Crippen LogP contribution < -0.4 is 4.74 Å². The van der Waals surface area contributed by atoms with Gasteiger partial charge in [-0.1, -0.05) is 86.6 Å². The predicted molar refractivity (Wildman–Crippen MR) is 123 cm³/mol. The number of ether oxygens (including phenoxy) is 1. The van der Waals surface area contributed by atoms with Gasteiger partial charge in [0.2, 0.25) is 0 Å². The Morgan fingerprint density at radius 1 is 0.586 bits per heavy atom. The second-order valence-corrected chi connectivity index (χ2v) is 6.22. The summed E-state index contributed by atoms with van der Waals surface area (Å²) in [5.74, 6) is 1.79. The maximum atomic E-state index is 5.71. The molecule has 0 spiro atoms. The number of nitrogens with zero attached hydrogens (tertiary/aromatic N) is 1. The number of pyridine rings is 1. The van der Waals surface area contributed by atoms with E-state index in [1.165, 1.54) is 11.1 Å². The van der Waals surface area contributed by atoms with Crippen molar-refractivity contribution in [3.05, 3.63) is 114 Å². The van der Waals surface area contributed by atoms with Crippen LogP contribution in [-0.2, 0) is 0 Å². The second-order valence-electron chi connectivity index (χ2n) is 6.22. The molecule has 4 aromatic rings. The highest BCUT2D eigenvalue weighted by Gasteiger charge is 2.00. The fraction of sp³-hybridized carbons (Fsp3) is 0.148. The van der Waals surface area contributed by atoms with Gasteiger partial charge in [0, 0.05) is 11.8 Å². The molecular weight excluding hydrogens is 354 g/mol. The Morgan fingerprint density at radius 3 is 1.76 bits per heavy atom. The molecule has 29 heavy (non-hydrogen) atoms. The van der Waals surface area contributed by atoms with Gasteiger partial charge in [0.1, 0.15) is 11.5 Å². The summed E-state index contributed by atoms with van der Waals surface area (Å²) < 4.78 is 5.71. The van der Waals surface area contributed by atoms with E-state index >= 15 is 0 Å². The number of aryl methyl sites for hydroxylation is 2. The van der Waals surface area contributed by atoms with Crippen LogP contribution in [0.5, 0.6) is 11.5 Å². The van der Waals surface area contributed by atoms with Gasteiger partial charge < -0.3 is 4.74 Å². The normalized spacial score (nSPS) is 9.38. The topological polar surface area (TPSA) is 22.1 Å². The highest BCUT2D eigenvalue weighted by Crippen LogP contribution is 2.23.